The van der Waals surface area contributed by atoms with Crippen LogP contribution in [-0.4, -0.2) is 40.9 Å². The summed E-state index contributed by atoms with van der Waals surface area (Å²) in [7, 11) is 0. The SMILES string of the molecule is Cc1[nH]c(C(=O)NC2CCN(c3cc(C(N)=O)cc(Cl)n3)CC2)c(C#N)c1Br. The van der Waals surface area contributed by atoms with Crippen molar-refractivity contribution in [3.63, 3.8) is 0 Å². The van der Waals surface area contributed by atoms with Gasteiger partial charge in [-0.1, -0.05) is 11.6 Å². The van der Waals surface area contributed by atoms with E-state index in [1.807, 2.05) is 11.0 Å². The number of hydrogen-bond acceptors (Lipinski definition) is 5. The zero-order valence-corrected chi connectivity index (χ0v) is 17.4. The highest BCUT2D eigenvalue weighted by Gasteiger charge is 2.25. The van der Waals surface area contributed by atoms with Gasteiger partial charge in [0.1, 0.15) is 22.7 Å². The number of pyridine rings is 1. The molecule has 0 bridgehead atoms. The molecule has 0 aromatic carbocycles. The van der Waals surface area contributed by atoms with Crippen LogP contribution in [0.3, 0.4) is 0 Å². The maximum atomic E-state index is 12.6. The molecular weight excluding hydrogens is 448 g/mol. The minimum absolute atomic E-state index is 0.0348. The lowest BCUT2D eigenvalue weighted by atomic mass is 10.0. The van der Waals surface area contributed by atoms with Crippen molar-refractivity contribution in [3.05, 3.63) is 44.3 Å². The van der Waals surface area contributed by atoms with Crippen LogP contribution < -0.4 is 16.0 Å². The number of nitrogens with one attached hydrogen (secondary N) is 2. The Kier molecular flexibility index (Phi) is 5.91. The number of halogens is 2. The molecular formula is C18H18BrClN6O2. The summed E-state index contributed by atoms with van der Waals surface area (Å²) in [6, 6.07) is 5.06. The van der Waals surface area contributed by atoms with Crippen LogP contribution in [-0.2, 0) is 0 Å². The van der Waals surface area contributed by atoms with Gasteiger partial charge < -0.3 is 20.9 Å². The van der Waals surface area contributed by atoms with Crippen LogP contribution in [0.1, 0.15) is 44.9 Å². The fraction of sp³-hybridized carbons (Fsp3) is 0.333. The minimum atomic E-state index is -0.562. The Hall–Kier alpha value is -2.57. The van der Waals surface area contributed by atoms with Gasteiger partial charge in [-0.3, -0.25) is 9.59 Å². The second-order valence-corrected chi connectivity index (χ2v) is 7.74. The van der Waals surface area contributed by atoms with Gasteiger partial charge >= 0.3 is 0 Å². The molecule has 10 heteroatoms. The van der Waals surface area contributed by atoms with Crippen LogP contribution >= 0.6 is 27.5 Å². The van der Waals surface area contributed by atoms with Gasteiger partial charge in [0.05, 0.1) is 10.0 Å². The van der Waals surface area contributed by atoms with Crippen LogP contribution in [0.4, 0.5) is 5.82 Å². The minimum Gasteiger partial charge on any atom is -0.366 e. The number of nitriles is 1. The van der Waals surface area contributed by atoms with Crippen molar-refractivity contribution in [3.8, 4) is 6.07 Å². The highest BCUT2D eigenvalue weighted by atomic mass is 79.9. The zero-order valence-electron chi connectivity index (χ0n) is 15.1. The van der Waals surface area contributed by atoms with Gasteiger partial charge in [0.25, 0.3) is 5.91 Å². The third-order valence-electron chi connectivity index (χ3n) is 4.67. The van der Waals surface area contributed by atoms with Gasteiger partial charge in [-0.25, -0.2) is 4.98 Å². The third-order valence-corrected chi connectivity index (χ3v) is 5.85. The number of aryl methyl sites for hydroxylation is 1. The molecule has 3 rings (SSSR count). The number of hydrogen-bond donors (Lipinski definition) is 3. The summed E-state index contributed by atoms with van der Waals surface area (Å²) in [4.78, 5) is 33.2. The number of rotatable bonds is 4. The van der Waals surface area contributed by atoms with Gasteiger partial charge in [-0.05, 0) is 47.8 Å². The molecule has 2 aromatic heterocycles. The number of nitrogens with zero attached hydrogens (tertiary/aromatic N) is 3. The Balaban J connectivity index is 1.65. The third kappa shape index (κ3) is 4.13. The molecule has 2 amide bonds. The summed E-state index contributed by atoms with van der Waals surface area (Å²) in [6.07, 6.45) is 1.38. The second kappa shape index (κ2) is 8.20. The van der Waals surface area contributed by atoms with E-state index in [1.54, 1.807) is 13.0 Å². The molecule has 0 saturated carbocycles. The first-order chi connectivity index (χ1) is 13.3. The molecule has 0 spiro atoms. The summed E-state index contributed by atoms with van der Waals surface area (Å²) < 4.78 is 0.604. The van der Waals surface area contributed by atoms with E-state index >= 15 is 0 Å². The van der Waals surface area contributed by atoms with Gasteiger partial charge in [0.2, 0.25) is 5.91 Å². The van der Waals surface area contributed by atoms with Crippen molar-refractivity contribution in [1.29, 1.82) is 5.26 Å². The Morgan fingerprint density at radius 1 is 1.43 bits per heavy atom. The second-order valence-electron chi connectivity index (χ2n) is 6.56. The molecule has 8 nitrogen and oxygen atoms in total. The standard InChI is InChI=1S/C18H18BrClN6O2/c1-9-15(19)12(8-21)16(23-9)18(28)24-11-2-4-26(5-3-11)14-7-10(17(22)27)6-13(20)25-14/h6-7,11,23H,2-5H2,1H3,(H2,22,27)(H,24,28). The number of amides is 2. The van der Waals surface area contributed by atoms with Crippen molar-refractivity contribution >= 4 is 45.2 Å². The van der Waals surface area contributed by atoms with Crippen molar-refractivity contribution in [2.45, 2.75) is 25.8 Å². The van der Waals surface area contributed by atoms with E-state index in [9.17, 15) is 14.9 Å². The molecule has 0 atom stereocenters. The Bertz CT molecular complexity index is 975. The predicted molar refractivity (Wildman–Crippen MR) is 108 cm³/mol. The Morgan fingerprint density at radius 2 is 2.11 bits per heavy atom. The zero-order chi connectivity index (χ0) is 20.4. The van der Waals surface area contributed by atoms with E-state index in [0.29, 0.717) is 47.3 Å². The average molecular weight is 466 g/mol. The first kappa shape index (κ1) is 20.2. The quantitative estimate of drug-likeness (QED) is 0.598. The lowest BCUT2D eigenvalue weighted by molar-refractivity contribution is 0.0925. The summed E-state index contributed by atoms with van der Waals surface area (Å²) >= 11 is 9.30. The predicted octanol–water partition coefficient (Wildman–Crippen LogP) is 2.50. The molecule has 4 N–H and O–H groups in total. The van der Waals surface area contributed by atoms with E-state index in [1.165, 1.54) is 6.07 Å². The molecule has 0 aliphatic carbocycles. The molecule has 1 aliphatic heterocycles. The van der Waals surface area contributed by atoms with Crippen molar-refractivity contribution in [1.82, 2.24) is 15.3 Å². The number of nitrogens with two attached hydrogens (primary N) is 1. The van der Waals surface area contributed by atoms with E-state index in [0.717, 1.165) is 5.69 Å². The molecule has 1 saturated heterocycles. The fourth-order valence-corrected chi connectivity index (χ4v) is 3.77. The number of piperidine rings is 1. The molecule has 1 fully saturated rings. The number of carbonyl (C=O) groups is 2. The monoisotopic (exact) mass is 464 g/mol. The molecule has 146 valence electrons. The maximum Gasteiger partial charge on any atom is 0.269 e. The molecule has 3 heterocycles. The number of primary amides is 1. The highest BCUT2D eigenvalue weighted by molar-refractivity contribution is 9.10. The topological polar surface area (TPSA) is 128 Å². The number of anilines is 1. The van der Waals surface area contributed by atoms with Crippen molar-refractivity contribution < 1.29 is 9.59 Å². The molecule has 0 radical (unpaired) electrons. The van der Waals surface area contributed by atoms with Gasteiger partial charge in [0.15, 0.2) is 0 Å². The lowest BCUT2D eigenvalue weighted by Crippen LogP contribution is -2.45. The summed E-state index contributed by atoms with van der Waals surface area (Å²) in [6.45, 7) is 3.06. The average Bonchev–Trinajstić information content (AvgIpc) is 2.96. The lowest BCUT2D eigenvalue weighted by Gasteiger charge is -2.33. The molecule has 28 heavy (non-hydrogen) atoms. The summed E-state index contributed by atoms with van der Waals surface area (Å²) in [5.41, 5.74) is 6.93. The highest BCUT2D eigenvalue weighted by Crippen LogP contribution is 2.25. The van der Waals surface area contributed by atoms with E-state index in [2.05, 4.69) is 31.2 Å². The van der Waals surface area contributed by atoms with Gasteiger partial charge in [-0.15, -0.1) is 0 Å². The number of carbonyl (C=O) groups excluding carboxylic acids is 2. The molecule has 0 unspecified atom stereocenters. The maximum absolute atomic E-state index is 12.6. The number of aromatic nitrogens is 2. The normalized spacial score (nSPS) is 14.6. The van der Waals surface area contributed by atoms with Gasteiger partial charge in [0, 0.05) is 30.4 Å². The number of aromatic amines is 1. The van der Waals surface area contributed by atoms with E-state index in [4.69, 9.17) is 17.3 Å². The molecule has 2 aromatic rings. The van der Waals surface area contributed by atoms with Crippen LogP contribution in [0, 0.1) is 18.3 Å². The summed E-state index contributed by atoms with van der Waals surface area (Å²) in [5, 5.41) is 12.5. The van der Waals surface area contributed by atoms with Crippen molar-refractivity contribution in [2.75, 3.05) is 18.0 Å². The Morgan fingerprint density at radius 3 is 2.71 bits per heavy atom. The number of H-pyrrole nitrogens is 1. The molecule has 1 aliphatic rings. The van der Waals surface area contributed by atoms with E-state index in [-0.39, 0.29) is 22.8 Å². The van der Waals surface area contributed by atoms with Crippen LogP contribution in [0.15, 0.2) is 16.6 Å². The van der Waals surface area contributed by atoms with Crippen LogP contribution in [0.25, 0.3) is 0 Å². The Labute approximate surface area is 175 Å². The fourth-order valence-electron chi connectivity index (χ4n) is 3.18. The first-order valence-corrected chi connectivity index (χ1v) is 9.78. The van der Waals surface area contributed by atoms with Crippen LogP contribution in [0.5, 0.6) is 0 Å². The summed E-state index contributed by atoms with van der Waals surface area (Å²) in [5.74, 6) is -0.282. The van der Waals surface area contributed by atoms with E-state index < -0.39 is 5.91 Å². The van der Waals surface area contributed by atoms with Crippen molar-refractivity contribution in [2.24, 2.45) is 5.73 Å². The smallest absolute Gasteiger partial charge is 0.269 e. The first-order valence-electron chi connectivity index (χ1n) is 8.61. The van der Waals surface area contributed by atoms with Crippen LogP contribution in [0.2, 0.25) is 5.15 Å². The van der Waals surface area contributed by atoms with Gasteiger partial charge in [-0.2, -0.15) is 5.26 Å². The largest absolute Gasteiger partial charge is 0.366 e.